The Balaban J connectivity index is 1.86. The fourth-order valence-corrected chi connectivity index (χ4v) is 3.55. The Hall–Kier alpha value is -0.0800. The van der Waals surface area contributed by atoms with Crippen molar-refractivity contribution in [3.8, 4) is 0 Å². The van der Waals surface area contributed by atoms with Crippen LogP contribution in [0.4, 0.5) is 0 Å². The smallest absolute Gasteiger partial charge is 0.00503 e. The van der Waals surface area contributed by atoms with Crippen molar-refractivity contribution >= 4 is 0 Å². The van der Waals surface area contributed by atoms with E-state index in [0.29, 0.717) is 5.41 Å². The molecule has 94 valence electrons. The second-order valence-corrected chi connectivity index (χ2v) is 6.12. The van der Waals surface area contributed by atoms with E-state index in [1.165, 1.54) is 58.3 Å². The molecule has 2 aliphatic rings. The Labute approximate surface area is 101 Å². The van der Waals surface area contributed by atoms with Gasteiger partial charge in [-0.2, -0.15) is 0 Å². The minimum absolute atomic E-state index is 0.611. The zero-order valence-electron chi connectivity index (χ0n) is 11.1. The van der Waals surface area contributed by atoms with E-state index >= 15 is 0 Å². The molecule has 1 aliphatic heterocycles. The van der Waals surface area contributed by atoms with Gasteiger partial charge in [0.1, 0.15) is 0 Å². The summed E-state index contributed by atoms with van der Waals surface area (Å²) in [7, 11) is 0. The minimum atomic E-state index is 0.611. The van der Waals surface area contributed by atoms with Gasteiger partial charge in [-0.05, 0) is 43.7 Å². The predicted molar refractivity (Wildman–Crippen MR) is 69.7 cm³/mol. The number of likely N-dealkylation sites (tertiary alicyclic amines) is 1. The molecule has 0 radical (unpaired) electrons. The molecule has 2 fully saturated rings. The molecule has 2 nitrogen and oxygen atoms in total. The van der Waals surface area contributed by atoms with E-state index < -0.39 is 0 Å². The van der Waals surface area contributed by atoms with Crippen LogP contribution in [0.15, 0.2) is 0 Å². The van der Waals surface area contributed by atoms with Gasteiger partial charge in [0.25, 0.3) is 0 Å². The van der Waals surface area contributed by atoms with Crippen molar-refractivity contribution in [2.24, 2.45) is 11.3 Å². The fourth-order valence-electron chi connectivity index (χ4n) is 3.55. The van der Waals surface area contributed by atoms with Gasteiger partial charge in [-0.3, -0.25) is 0 Å². The highest BCUT2D eigenvalue weighted by atomic mass is 15.2. The summed E-state index contributed by atoms with van der Waals surface area (Å²) < 4.78 is 0. The second kappa shape index (κ2) is 5.50. The quantitative estimate of drug-likeness (QED) is 0.772. The first kappa shape index (κ1) is 12.4. The summed E-state index contributed by atoms with van der Waals surface area (Å²) in [5.41, 5.74) is 0.611. The molecule has 1 unspecified atom stereocenters. The molecule has 0 amide bonds. The van der Waals surface area contributed by atoms with Gasteiger partial charge in [0.15, 0.2) is 0 Å². The molecule has 2 heteroatoms. The molecular formula is C14H28N2. The summed E-state index contributed by atoms with van der Waals surface area (Å²) in [6.07, 6.45) is 7.22. The summed E-state index contributed by atoms with van der Waals surface area (Å²) in [6.45, 7) is 11.0. The standard InChI is InChI=1S/C14H28N2/c1-3-15-11-14(7-4-5-8-14)12-16-9-6-13(2)10-16/h13,15H,3-12H2,1-2H3. The van der Waals surface area contributed by atoms with Crippen LogP contribution in [0.5, 0.6) is 0 Å². The minimum Gasteiger partial charge on any atom is -0.316 e. The molecule has 0 aromatic heterocycles. The molecule has 0 bridgehead atoms. The predicted octanol–water partition coefficient (Wildman–Crippen LogP) is 2.50. The monoisotopic (exact) mass is 224 g/mol. The number of hydrogen-bond donors (Lipinski definition) is 1. The SMILES string of the molecule is CCNCC1(CN2CCC(C)C2)CCCC1. The number of rotatable bonds is 5. The summed E-state index contributed by atoms with van der Waals surface area (Å²) in [4.78, 5) is 2.72. The maximum Gasteiger partial charge on any atom is 0.00503 e. The summed E-state index contributed by atoms with van der Waals surface area (Å²) >= 11 is 0. The molecular weight excluding hydrogens is 196 g/mol. The van der Waals surface area contributed by atoms with E-state index in [4.69, 9.17) is 0 Å². The van der Waals surface area contributed by atoms with Gasteiger partial charge in [-0.25, -0.2) is 0 Å². The van der Waals surface area contributed by atoms with E-state index in [1.807, 2.05) is 0 Å². The first-order valence-electron chi connectivity index (χ1n) is 7.17. The lowest BCUT2D eigenvalue weighted by Crippen LogP contribution is -2.41. The lowest BCUT2D eigenvalue weighted by atomic mass is 9.85. The van der Waals surface area contributed by atoms with E-state index in [2.05, 4.69) is 24.1 Å². The lowest BCUT2D eigenvalue weighted by molar-refractivity contribution is 0.169. The van der Waals surface area contributed by atoms with Crippen LogP contribution < -0.4 is 5.32 Å². The summed E-state index contributed by atoms with van der Waals surface area (Å²) in [6, 6.07) is 0. The van der Waals surface area contributed by atoms with E-state index in [0.717, 1.165) is 12.5 Å². The highest BCUT2D eigenvalue weighted by Gasteiger charge is 2.36. The Kier molecular flexibility index (Phi) is 4.26. The third kappa shape index (κ3) is 2.98. The van der Waals surface area contributed by atoms with Crippen molar-refractivity contribution in [2.45, 2.75) is 46.0 Å². The third-order valence-corrected chi connectivity index (χ3v) is 4.48. The van der Waals surface area contributed by atoms with Crippen LogP contribution in [0, 0.1) is 11.3 Å². The first-order chi connectivity index (χ1) is 7.74. The van der Waals surface area contributed by atoms with E-state index in [-0.39, 0.29) is 0 Å². The van der Waals surface area contributed by atoms with Crippen LogP contribution in [-0.4, -0.2) is 37.6 Å². The topological polar surface area (TPSA) is 15.3 Å². The molecule has 1 saturated carbocycles. The van der Waals surface area contributed by atoms with Crippen LogP contribution in [-0.2, 0) is 0 Å². The van der Waals surface area contributed by atoms with E-state index in [9.17, 15) is 0 Å². The van der Waals surface area contributed by atoms with Gasteiger partial charge >= 0.3 is 0 Å². The van der Waals surface area contributed by atoms with Crippen molar-refractivity contribution in [2.75, 3.05) is 32.7 Å². The van der Waals surface area contributed by atoms with Gasteiger partial charge in [0.2, 0.25) is 0 Å². The molecule has 1 saturated heterocycles. The third-order valence-electron chi connectivity index (χ3n) is 4.48. The summed E-state index contributed by atoms with van der Waals surface area (Å²) in [5.74, 6) is 0.928. The van der Waals surface area contributed by atoms with Gasteiger partial charge in [-0.15, -0.1) is 0 Å². The zero-order chi connectivity index (χ0) is 11.4. The molecule has 16 heavy (non-hydrogen) atoms. The molecule has 1 N–H and O–H groups in total. The van der Waals surface area contributed by atoms with Gasteiger partial charge < -0.3 is 10.2 Å². The zero-order valence-corrected chi connectivity index (χ0v) is 11.1. The van der Waals surface area contributed by atoms with Crippen LogP contribution in [0.25, 0.3) is 0 Å². The maximum absolute atomic E-state index is 3.59. The van der Waals surface area contributed by atoms with Gasteiger partial charge in [0, 0.05) is 19.6 Å². The Bertz CT molecular complexity index is 209. The second-order valence-electron chi connectivity index (χ2n) is 6.12. The largest absolute Gasteiger partial charge is 0.316 e. The molecule has 0 aromatic carbocycles. The molecule has 2 rings (SSSR count). The summed E-state index contributed by atoms with van der Waals surface area (Å²) in [5, 5.41) is 3.59. The van der Waals surface area contributed by atoms with Gasteiger partial charge in [0.05, 0.1) is 0 Å². The Morgan fingerprint density at radius 2 is 2.06 bits per heavy atom. The normalized spacial score (nSPS) is 30.0. The molecule has 1 atom stereocenters. The van der Waals surface area contributed by atoms with Gasteiger partial charge in [-0.1, -0.05) is 26.7 Å². The Morgan fingerprint density at radius 3 is 2.62 bits per heavy atom. The highest BCUT2D eigenvalue weighted by molar-refractivity contribution is 4.90. The van der Waals surface area contributed by atoms with Crippen LogP contribution in [0.1, 0.15) is 46.0 Å². The van der Waals surface area contributed by atoms with Crippen LogP contribution in [0.3, 0.4) is 0 Å². The first-order valence-corrected chi connectivity index (χ1v) is 7.17. The number of hydrogen-bond acceptors (Lipinski definition) is 2. The number of nitrogens with zero attached hydrogens (tertiary/aromatic N) is 1. The van der Waals surface area contributed by atoms with Crippen molar-refractivity contribution in [1.82, 2.24) is 10.2 Å². The molecule has 1 heterocycles. The maximum atomic E-state index is 3.59. The molecule has 0 spiro atoms. The average molecular weight is 224 g/mol. The number of nitrogens with one attached hydrogen (secondary N) is 1. The van der Waals surface area contributed by atoms with Crippen molar-refractivity contribution in [1.29, 1.82) is 0 Å². The van der Waals surface area contributed by atoms with E-state index in [1.54, 1.807) is 0 Å². The highest BCUT2D eigenvalue weighted by Crippen LogP contribution is 2.39. The van der Waals surface area contributed by atoms with Crippen molar-refractivity contribution in [3.05, 3.63) is 0 Å². The average Bonchev–Trinajstić information content (AvgIpc) is 2.87. The molecule has 0 aromatic rings. The van der Waals surface area contributed by atoms with Crippen molar-refractivity contribution < 1.29 is 0 Å². The molecule has 1 aliphatic carbocycles. The van der Waals surface area contributed by atoms with Crippen LogP contribution >= 0.6 is 0 Å². The Morgan fingerprint density at radius 1 is 1.31 bits per heavy atom. The lowest BCUT2D eigenvalue weighted by Gasteiger charge is -2.34. The van der Waals surface area contributed by atoms with Crippen LogP contribution in [0.2, 0.25) is 0 Å². The fraction of sp³-hybridized carbons (Fsp3) is 1.00. The van der Waals surface area contributed by atoms with Crippen molar-refractivity contribution in [3.63, 3.8) is 0 Å².